The van der Waals surface area contributed by atoms with Crippen molar-refractivity contribution >= 4 is 12.3 Å². The van der Waals surface area contributed by atoms with Gasteiger partial charge in [0, 0.05) is 29.8 Å². The van der Waals surface area contributed by atoms with Gasteiger partial charge < -0.3 is 4.74 Å². The molecule has 0 aromatic rings. The Labute approximate surface area is 69.8 Å². The van der Waals surface area contributed by atoms with Crippen LogP contribution in [0.4, 0.5) is 4.79 Å². The third-order valence-electron chi connectivity index (χ3n) is 1.86. The van der Waals surface area contributed by atoms with Crippen LogP contribution >= 0.6 is 0 Å². The number of hydrogen-bond donors (Lipinski definition) is 0. The average Bonchev–Trinajstić information content (AvgIpc) is 2.60. The van der Waals surface area contributed by atoms with Gasteiger partial charge >= 0.3 is 6.09 Å². The number of amides is 1. The molecule has 2 heterocycles. The Kier molecular flexibility index (Phi) is 1.46. The number of aliphatic imine (C=N–C) groups is 1. The Hall–Kier alpha value is -1.58. The normalized spacial score (nSPS) is 18.9. The van der Waals surface area contributed by atoms with Crippen LogP contribution in [0, 0.1) is 0 Å². The molecule has 0 saturated heterocycles. The minimum Gasteiger partial charge on any atom is -0.452 e. The van der Waals surface area contributed by atoms with Crippen molar-refractivity contribution in [1.82, 2.24) is 4.90 Å². The molecule has 12 heavy (non-hydrogen) atoms. The van der Waals surface area contributed by atoms with Crippen LogP contribution < -0.4 is 0 Å². The van der Waals surface area contributed by atoms with Crippen LogP contribution in [0.3, 0.4) is 0 Å². The molecule has 62 valence electrons. The fourth-order valence-electron chi connectivity index (χ4n) is 1.24. The predicted octanol–water partition coefficient (Wildman–Crippen LogP) is 0.921. The summed E-state index contributed by atoms with van der Waals surface area (Å²) in [5.41, 5.74) is 2.07. The van der Waals surface area contributed by atoms with E-state index in [-0.39, 0.29) is 6.09 Å². The van der Waals surface area contributed by atoms with Crippen molar-refractivity contribution in [3.8, 4) is 0 Å². The van der Waals surface area contributed by atoms with Gasteiger partial charge in [0.1, 0.15) is 0 Å². The zero-order valence-electron chi connectivity index (χ0n) is 6.65. The van der Waals surface area contributed by atoms with Gasteiger partial charge in [0.25, 0.3) is 0 Å². The van der Waals surface area contributed by atoms with E-state index in [1.54, 1.807) is 18.6 Å². The molecular formula is C8H8N2O2. The van der Waals surface area contributed by atoms with Gasteiger partial charge in [-0.05, 0) is 0 Å². The summed E-state index contributed by atoms with van der Waals surface area (Å²) in [6, 6.07) is 0. The summed E-state index contributed by atoms with van der Waals surface area (Å²) in [5.74, 6) is 0. The van der Waals surface area contributed by atoms with E-state index in [4.69, 9.17) is 0 Å². The van der Waals surface area contributed by atoms with E-state index in [0.29, 0.717) is 6.54 Å². The zero-order valence-corrected chi connectivity index (χ0v) is 6.65. The minimum atomic E-state index is -0.328. The number of fused-ring (bicyclic) bond motifs is 1. The Balaban J connectivity index is 2.18. The molecule has 0 fully saturated rings. The predicted molar refractivity (Wildman–Crippen MR) is 43.8 cm³/mol. The second kappa shape index (κ2) is 2.48. The maximum atomic E-state index is 11.0. The summed E-state index contributed by atoms with van der Waals surface area (Å²) in [5, 5.41) is 0. The van der Waals surface area contributed by atoms with Gasteiger partial charge in [0.2, 0.25) is 0 Å². The quantitative estimate of drug-likeness (QED) is 0.534. The molecule has 0 aromatic carbocycles. The summed E-state index contributed by atoms with van der Waals surface area (Å²) < 4.78 is 4.57. The van der Waals surface area contributed by atoms with Crippen molar-refractivity contribution < 1.29 is 9.53 Å². The number of carbonyl (C=O) groups excluding carboxylic acids is 1. The molecule has 0 atom stereocenters. The van der Waals surface area contributed by atoms with Gasteiger partial charge in [-0.25, -0.2) is 4.79 Å². The smallest absolute Gasteiger partial charge is 0.413 e. The first-order chi connectivity index (χ1) is 5.81. The molecular weight excluding hydrogens is 156 g/mol. The first kappa shape index (κ1) is 7.09. The number of rotatable bonds is 0. The van der Waals surface area contributed by atoms with Gasteiger partial charge in [0.05, 0.1) is 13.7 Å². The highest BCUT2D eigenvalue weighted by atomic mass is 16.5. The third-order valence-corrected chi connectivity index (χ3v) is 1.86. The van der Waals surface area contributed by atoms with Crippen LogP contribution in [0.5, 0.6) is 0 Å². The number of hydrogen-bond acceptors (Lipinski definition) is 3. The second-order valence-electron chi connectivity index (χ2n) is 2.61. The van der Waals surface area contributed by atoms with Crippen LogP contribution in [0.15, 0.2) is 28.5 Å². The molecule has 0 aliphatic carbocycles. The van der Waals surface area contributed by atoms with E-state index in [2.05, 4.69) is 9.73 Å². The first-order valence-corrected chi connectivity index (χ1v) is 3.60. The van der Waals surface area contributed by atoms with Gasteiger partial charge in [-0.1, -0.05) is 0 Å². The highest BCUT2D eigenvalue weighted by Gasteiger charge is 2.23. The lowest BCUT2D eigenvalue weighted by molar-refractivity contribution is 0.144. The Bertz CT molecular complexity index is 315. The number of carbonyl (C=O) groups is 1. The van der Waals surface area contributed by atoms with Crippen molar-refractivity contribution in [3.05, 3.63) is 23.5 Å². The van der Waals surface area contributed by atoms with E-state index < -0.39 is 0 Å². The van der Waals surface area contributed by atoms with Crippen LogP contribution in [-0.4, -0.2) is 30.9 Å². The summed E-state index contributed by atoms with van der Waals surface area (Å²) in [7, 11) is 1.37. The highest BCUT2D eigenvalue weighted by molar-refractivity contribution is 5.91. The molecule has 0 radical (unpaired) electrons. The van der Waals surface area contributed by atoms with E-state index in [9.17, 15) is 4.79 Å². The summed E-state index contributed by atoms with van der Waals surface area (Å²) in [6.07, 6.45) is 4.91. The maximum absolute atomic E-state index is 11.0. The summed E-state index contributed by atoms with van der Waals surface area (Å²) >= 11 is 0. The first-order valence-electron chi connectivity index (χ1n) is 3.60. The SMILES string of the molecule is COC(=O)N1C=C2C=NC=C2C1. The molecule has 2 aliphatic heterocycles. The molecule has 0 aromatic heterocycles. The molecule has 0 spiro atoms. The second-order valence-corrected chi connectivity index (χ2v) is 2.61. The fraction of sp³-hybridized carbons (Fsp3) is 0.250. The van der Waals surface area contributed by atoms with Crippen LogP contribution in [0.2, 0.25) is 0 Å². The van der Waals surface area contributed by atoms with Gasteiger partial charge in [0.15, 0.2) is 0 Å². The number of ether oxygens (including phenoxy) is 1. The van der Waals surface area contributed by atoms with Crippen LogP contribution in [-0.2, 0) is 4.74 Å². The van der Waals surface area contributed by atoms with E-state index in [1.807, 2.05) is 0 Å². The summed E-state index contributed by atoms with van der Waals surface area (Å²) in [4.78, 5) is 16.5. The third kappa shape index (κ3) is 0.922. The molecule has 4 nitrogen and oxygen atoms in total. The van der Waals surface area contributed by atoms with Crippen LogP contribution in [0.1, 0.15) is 0 Å². The van der Waals surface area contributed by atoms with Crippen molar-refractivity contribution in [2.45, 2.75) is 0 Å². The standard InChI is InChI=1S/C8H8N2O2/c1-12-8(11)10-4-6-2-9-3-7(6)5-10/h2-4H,5H2,1H3. The van der Waals surface area contributed by atoms with Gasteiger partial charge in [-0.3, -0.25) is 9.89 Å². The van der Waals surface area contributed by atoms with Crippen molar-refractivity contribution in [3.63, 3.8) is 0 Å². The van der Waals surface area contributed by atoms with E-state index in [0.717, 1.165) is 11.1 Å². The fourth-order valence-corrected chi connectivity index (χ4v) is 1.24. The molecule has 4 heteroatoms. The maximum Gasteiger partial charge on any atom is 0.413 e. The molecule has 2 aliphatic rings. The van der Waals surface area contributed by atoms with Gasteiger partial charge in [-0.2, -0.15) is 0 Å². The molecule has 0 bridgehead atoms. The Morgan fingerprint density at radius 1 is 1.75 bits per heavy atom. The van der Waals surface area contributed by atoms with Crippen LogP contribution in [0.25, 0.3) is 0 Å². The lowest BCUT2D eigenvalue weighted by atomic mass is 10.2. The van der Waals surface area contributed by atoms with E-state index in [1.165, 1.54) is 12.0 Å². The lowest BCUT2D eigenvalue weighted by Gasteiger charge is -2.10. The van der Waals surface area contributed by atoms with Crippen molar-refractivity contribution in [2.75, 3.05) is 13.7 Å². The van der Waals surface area contributed by atoms with Crippen molar-refractivity contribution in [1.29, 1.82) is 0 Å². The largest absolute Gasteiger partial charge is 0.452 e. The topological polar surface area (TPSA) is 41.9 Å². The van der Waals surface area contributed by atoms with Gasteiger partial charge in [-0.15, -0.1) is 0 Å². The molecule has 0 unspecified atom stereocenters. The number of methoxy groups -OCH3 is 1. The lowest BCUT2D eigenvalue weighted by Crippen LogP contribution is -2.23. The van der Waals surface area contributed by atoms with Crippen molar-refractivity contribution in [2.24, 2.45) is 4.99 Å². The Morgan fingerprint density at radius 2 is 2.58 bits per heavy atom. The zero-order chi connectivity index (χ0) is 8.55. The Morgan fingerprint density at radius 3 is 3.25 bits per heavy atom. The molecule has 0 N–H and O–H groups in total. The number of nitrogens with zero attached hydrogens (tertiary/aromatic N) is 2. The minimum absolute atomic E-state index is 0.328. The van der Waals surface area contributed by atoms with E-state index >= 15 is 0 Å². The monoisotopic (exact) mass is 164 g/mol. The highest BCUT2D eigenvalue weighted by Crippen LogP contribution is 2.23. The molecule has 1 amide bonds. The molecule has 0 saturated carbocycles. The average molecular weight is 164 g/mol. The summed E-state index contributed by atoms with van der Waals surface area (Å²) in [6.45, 7) is 0.571. The molecule has 2 rings (SSSR count).